The van der Waals surface area contributed by atoms with E-state index in [1.807, 2.05) is 18.2 Å². The van der Waals surface area contributed by atoms with E-state index < -0.39 is 5.91 Å². The normalized spacial score (nSPS) is 14.5. The topological polar surface area (TPSA) is 120 Å². The van der Waals surface area contributed by atoms with Crippen LogP contribution in [-0.4, -0.2) is 74.6 Å². The van der Waals surface area contributed by atoms with E-state index in [9.17, 15) is 4.79 Å². The van der Waals surface area contributed by atoms with Crippen molar-refractivity contribution in [3.05, 3.63) is 69.8 Å². The van der Waals surface area contributed by atoms with Crippen LogP contribution in [0.4, 0.5) is 17.2 Å². The zero-order valence-electron chi connectivity index (χ0n) is 24.0. The number of amidine groups is 1. The van der Waals surface area contributed by atoms with Crippen molar-refractivity contribution in [2.75, 3.05) is 62.9 Å². The predicted molar refractivity (Wildman–Crippen MR) is 174 cm³/mol. The number of carbonyl (C=O) groups excluding carboxylic acids is 1. The molecule has 42 heavy (non-hydrogen) atoms. The van der Waals surface area contributed by atoms with Gasteiger partial charge in [-0.3, -0.25) is 10.2 Å². The number of pyridine rings is 1. The smallest absolute Gasteiger partial charge is 0.258 e. The molecule has 1 fully saturated rings. The minimum absolute atomic E-state index is 0.116. The fraction of sp³-hybridized carbons (Fsp3) is 0.367. The summed E-state index contributed by atoms with van der Waals surface area (Å²) >= 11 is 13.8. The van der Waals surface area contributed by atoms with Gasteiger partial charge in [0, 0.05) is 78.3 Å². The largest absolute Gasteiger partial charge is 0.385 e. The number of aromatic nitrogens is 1. The van der Waals surface area contributed by atoms with Gasteiger partial charge < -0.3 is 30.9 Å². The number of ether oxygens (including phenoxy) is 1. The molecule has 5 N–H and O–H groups in total. The molecule has 1 aliphatic heterocycles. The SMILES string of the molecule is CCC(CCOC)Nc1cc(N2CCN(C)CC2)ccc1C(=O)NC(=N)c1cc(Sc2cc(Cl)ccc2Cl)cnc1N. The third kappa shape index (κ3) is 8.29. The van der Waals surface area contributed by atoms with Crippen LogP contribution in [0, 0.1) is 5.41 Å². The first-order chi connectivity index (χ1) is 20.2. The number of nitrogens with zero attached hydrogens (tertiary/aromatic N) is 3. The fourth-order valence-corrected chi connectivity index (χ4v) is 5.97. The zero-order valence-corrected chi connectivity index (χ0v) is 26.4. The third-order valence-electron chi connectivity index (χ3n) is 7.16. The van der Waals surface area contributed by atoms with E-state index in [2.05, 4.69) is 39.4 Å². The number of piperazine rings is 1. The van der Waals surface area contributed by atoms with Gasteiger partial charge in [0.25, 0.3) is 5.91 Å². The Morgan fingerprint density at radius 2 is 1.90 bits per heavy atom. The van der Waals surface area contributed by atoms with Gasteiger partial charge in [-0.05, 0) is 62.4 Å². The first-order valence-electron chi connectivity index (χ1n) is 13.8. The highest BCUT2D eigenvalue weighted by molar-refractivity contribution is 7.99. The van der Waals surface area contributed by atoms with Gasteiger partial charge >= 0.3 is 0 Å². The third-order valence-corrected chi connectivity index (χ3v) is 8.85. The summed E-state index contributed by atoms with van der Waals surface area (Å²) in [6, 6.07) is 12.8. The number of hydrogen-bond acceptors (Lipinski definition) is 9. The molecule has 2 aromatic carbocycles. The van der Waals surface area contributed by atoms with Crippen LogP contribution in [0.3, 0.4) is 0 Å². The standard InChI is InChI=1S/C30H37Cl2N7O2S/c1-4-20(9-14-41-3)36-26-16-21(39-12-10-38(2)11-13-39)6-7-23(26)30(40)37-29(34)24-17-22(18-35-28(24)33)42-27-15-19(31)5-8-25(27)32/h5-8,15-18,20,36H,4,9-14H2,1-3H3,(H2,33,35)(H2,34,37,40). The van der Waals surface area contributed by atoms with Gasteiger partial charge in [-0.1, -0.05) is 41.9 Å². The molecule has 4 rings (SSSR count). The summed E-state index contributed by atoms with van der Waals surface area (Å²) in [5, 5.41) is 16.1. The van der Waals surface area contributed by atoms with E-state index in [1.165, 1.54) is 11.8 Å². The lowest BCUT2D eigenvalue weighted by molar-refractivity contribution is 0.0977. The van der Waals surface area contributed by atoms with Gasteiger partial charge in [0.2, 0.25) is 0 Å². The molecular weight excluding hydrogens is 593 g/mol. The molecule has 3 aromatic rings. The van der Waals surface area contributed by atoms with Crippen LogP contribution in [0.15, 0.2) is 58.5 Å². The van der Waals surface area contributed by atoms with Crippen LogP contribution in [-0.2, 0) is 4.74 Å². The van der Waals surface area contributed by atoms with Gasteiger partial charge in [-0.2, -0.15) is 0 Å². The molecule has 224 valence electrons. The molecule has 12 heteroatoms. The Hall–Kier alpha value is -3.02. The summed E-state index contributed by atoms with van der Waals surface area (Å²) in [5.74, 6) is -0.425. The number of methoxy groups -OCH3 is 1. The van der Waals surface area contributed by atoms with E-state index in [0.29, 0.717) is 38.4 Å². The maximum atomic E-state index is 13.6. The number of nitrogens with two attached hydrogens (primary N) is 1. The van der Waals surface area contributed by atoms with E-state index in [4.69, 9.17) is 39.1 Å². The van der Waals surface area contributed by atoms with Gasteiger partial charge in [-0.25, -0.2) is 4.98 Å². The summed E-state index contributed by atoms with van der Waals surface area (Å²) in [6.45, 7) is 6.48. The number of amides is 1. The van der Waals surface area contributed by atoms with Crippen molar-refractivity contribution in [3.63, 3.8) is 0 Å². The van der Waals surface area contributed by atoms with Crippen LogP contribution in [0.25, 0.3) is 0 Å². The van der Waals surface area contributed by atoms with E-state index >= 15 is 0 Å². The maximum Gasteiger partial charge on any atom is 0.258 e. The minimum atomic E-state index is -0.413. The Balaban J connectivity index is 1.57. The lowest BCUT2D eigenvalue weighted by Gasteiger charge is -2.34. The van der Waals surface area contributed by atoms with Crippen molar-refractivity contribution in [2.45, 2.75) is 35.6 Å². The minimum Gasteiger partial charge on any atom is -0.385 e. The maximum absolute atomic E-state index is 13.6. The Morgan fingerprint density at radius 3 is 2.62 bits per heavy atom. The number of anilines is 3. The number of rotatable bonds is 11. The fourth-order valence-electron chi connectivity index (χ4n) is 4.61. The van der Waals surface area contributed by atoms with Crippen molar-refractivity contribution in [2.24, 2.45) is 0 Å². The van der Waals surface area contributed by atoms with Gasteiger partial charge in [0.05, 0.1) is 16.1 Å². The second-order valence-electron chi connectivity index (χ2n) is 10.2. The van der Waals surface area contributed by atoms with Gasteiger partial charge in [-0.15, -0.1) is 0 Å². The van der Waals surface area contributed by atoms with Crippen molar-refractivity contribution in [1.29, 1.82) is 5.41 Å². The highest BCUT2D eigenvalue weighted by Crippen LogP contribution is 2.35. The molecule has 1 aliphatic rings. The van der Waals surface area contributed by atoms with Gasteiger partial charge in [0.15, 0.2) is 0 Å². The number of nitrogens with one attached hydrogen (secondary N) is 3. The molecule has 9 nitrogen and oxygen atoms in total. The molecule has 1 unspecified atom stereocenters. The number of carbonyl (C=O) groups is 1. The molecule has 1 atom stereocenters. The highest BCUT2D eigenvalue weighted by Gasteiger charge is 2.21. The highest BCUT2D eigenvalue weighted by atomic mass is 35.5. The van der Waals surface area contributed by atoms with Crippen molar-refractivity contribution in [3.8, 4) is 0 Å². The van der Waals surface area contributed by atoms with Crippen molar-refractivity contribution in [1.82, 2.24) is 15.2 Å². The van der Waals surface area contributed by atoms with E-state index in [1.54, 1.807) is 37.6 Å². The second kappa shape index (κ2) is 14.9. The molecule has 0 aliphatic carbocycles. The molecule has 0 spiro atoms. The molecule has 1 saturated heterocycles. The average Bonchev–Trinajstić information content (AvgIpc) is 2.98. The van der Waals surface area contributed by atoms with Crippen LogP contribution in [0.2, 0.25) is 10.0 Å². The number of nitrogen functional groups attached to an aromatic ring is 1. The summed E-state index contributed by atoms with van der Waals surface area (Å²) in [5.41, 5.74) is 8.65. The van der Waals surface area contributed by atoms with Crippen LogP contribution in [0.5, 0.6) is 0 Å². The van der Waals surface area contributed by atoms with Crippen molar-refractivity contribution >= 4 is 63.9 Å². The predicted octanol–water partition coefficient (Wildman–Crippen LogP) is 5.86. The number of hydrogen-bond donors (Lipinski definition) is 4. The molecule has 0 radical (unpaired) electrons. The average molecular weight is 631 g/mol. The molecule has 0 bridgehead atoms. The number of benzene rings is 2. The van der Waals surface area contributed by atoms with E-state index in [0.717, 1.165) is 49.6 Å². The zero-order chi connectivity index (χ0) is 30.2. The lowest BCUT2D eigenvalue weighted by Crippen LogP contribution is -2.44. The first-order valence-corrected chi connectivity index (χ1v) is 15.4. The second-order valence-corrected chi connectivity index (χ2v) is 12.1. The number of likely N-dealkylation sites (N-methyl/N-ethyl adjacent to an activating group) is 1. The Morgan fingerprint density at radius 1 is 1.14 bits per heavy atom. The molecule has 1 aromatic heterocycles. The van der Waals surface area contributed by atoms with E-state index in [-0.39, 0.29) is 17.7 Å². The first kappa shape index (κ1) is 31.9. The lowest BCUT2D eigenvalue weighted by atomic mass is 10.1. The monoisotopic (exact) mass is 629 g/mol. The summed E-state index contributed by atoms with van der Waals surface area (Å²) < 4.78 is 5.30. The summed E-state index contributed by atoms with van der Waals surface area (Å²) in [6.07, 6.45) is 3.26. The Kier molecular flexibility index (Phi) is 11.3. The summed E-state index contributed by atoms with van der Waals surface area (Å²) in [4.78, 5) is 23.9. The van der Waals surface area contributed by atoms with Crippen LogP contribution >= 0.6 is 35.0 Å². The summed E-state index contributed by atoms with van der Waals surface area (Å²) in [7, 11) is 3.81. The molecule has 1 amide bonds. The molecule has 2 heterocycles. The van der Waals surface area contributed by atoms with Crippen LogP contribution in [0.1, 0.15) is 35.7 Å². The molecule has 0 saturated carbocycles. The van der Waals surface area contributed by atoms with Crippen LogP contribution < -0.4 is 21.3 Å². The number of halogens is 2. The van der Waals surface area contributed by atoms with Crippen molar-refractivity contribution < 1.29 is 9.53 Å². The van der Waals surface area contributed by atoms with Gasteiger partial charge in [0.1, 0.15) is 11.7 Å². The quantitative estimate of drug-likeness (QED) is 0.154. The Bertz CT molecular complexity index is 1420. The molecular formula is C30H37Cl2N7O2S. The Labute approximate surface area is 261 Å².